The molecule has 1 aromatic heterocycles. The first kappa shape index (κ1) is 11.6. The summed E-state index contributed by atoms with van der Waals surface area (Å²) < 4.78 is 0. The second-order valence-corrected chi connectivity index (χ2v) is 4.33. The van der Waals surface area contributed by atoms with Gasteiger partial charge < -0.3 is 10.0 Å². The number of aromatic nitrogens is 2. The van der Waals surface area contributed by atoms with Gasteiger partial charge in [-0.15, -0.1) is 0 Å². The van der Waals surface area contributed by atoms with Gasteiger partial charge in [-0.25, -0.2) is 4.98 Å². The Morgan fingerprint density at radius 2 is 2.41 bits per heavy atom. The van der Waals surface area contributed by atoms with Gasteiger partial charge in [0.1, 0.15) is 0 Å². The average molecular weight is 237 g/mol. The van der Waals surface area contributed by atoms with Crippen LogP contribution >= 0.6 is 0 Å². The Morgan fingerprint density at radius 1 is 1.65 bits per heavy atom. The fourth-order valence-corrected chi connectivity index (χ4v) is 2.08. The molecule has 0 unspecified atom stereocenters. The maximum absolute atomic E-state index is 11.3. The normalized spacial score (nSPS) is 20.3. The van der Waals surface area contributed by atoms with E-state index < -0.39 is 5.97 Å². The lowest BCUT2D eigenvalue weighted by Crippen LogP contribution is -2.40. The second kappa shape index (κ2) is 4.57. The van der Waals surface area contributed by atoms with E-state index in [0.29, 0.717) is 24.6 Å². The maximum atomic E-state index is 11.3. The Morgan fingerprint density at radius 3 is 3.06 bits per heavy atom. The van der Waals surface area contributed by atoms with Crippen LogP contribution in [0.25, 0.3) is 0 Å². The van der Waals surface area contributed by atoms with Crippen LogP contribution in [0.2, 0.25) is 0 Å². The molecule has 6 nitrogen and oxygen atoms in total. The summed E-state index contributed by atoms with van der Waals surface area (Å²) in [4.78, 5) is 31.0. The van der Waals surface area contributed by atoms with E-state index >= 15 is 0 Å². The zero-order valence-electron chi connectivity index (χ0n) is 9.64. The molecule has 2 heterocycles. The topological polar surface area (TPSA) is 86.3 Å². The van der Waals surface area contributed by atoms with E-state index in [0.717, 1.165) is 13.0 Å². The predicted octanol–water partition coefficient (Wildman–Crippen LogP) is 0.379. The molecule has 0 bridgehead atoms. The zero-order chi connectivity index (χ0) is 12.4. The van der Waals surface area contributed by atoms with Gasteiger partial charge in [-0.2, -0.15) is 0 Å². The van der Waals surface area contributed by atoms with Gasteiger partial charge in [0.15, 0.2) is 0 Å². The van der Waals surface area contributed by atoms with E-state index in [9.17, 15) is 9.59 Å². The number of carboxylic acid groups (broad SMARTS) is 1. The number of hydrogen-bond donors (Lipinski definition) is 2. The minimum Gasteiger partial charge on any atom is -0.481 e. The van der Waals surface area contributed by atoms with E-state index in [2.05, 4.69) is 9.97 Å². The number of carboxylic acids is 1. The van der Waals surface area contributed by atoms with Crippen molar-refractivity contribution in [3.05, 3.63) is 22.1 Å². The summed E-state index contributed by atoms with van der Waals surface area (Å²) in [5.41, 5.74) is 0.436. The van der Waals surface area contributed by atoms with Crippen LogP contribution in [0.4, 0.5) is 5.95 Å². The molecular formula is C11H15N3O3. The molecule has 2 rings (SSSR count). The molecule has 1 aromatic rings. The molecule has 17 heavy (non-hydrogen) atoms. The van der Waals surface area contributed by atoms with Gasteiger partial charge in [0.25, 0.3) is 5.56 Å². The van der Waals surface area contributed by atoms with Gasteiger partial charge in [-0.3, -0.25) is 14.6 Å². The summed E-state index contributed by atoms with van der Waals surface area (Å²) in [5, 5.41) is 8.99. The fraction of sp³-hybridized carbons (Fsp3) is 0.545. The van der Waals surface area contributed by atoms with Crippen LogP contribution in [0, 0.1) is 12.8 Å². The molecule has 1 fully saturated rings. The highest BCUT2D eigenvalue weighted by atomic mass is 16.4. The fourth-order valence-electron chi connectivity index (χ4n) is 2.08. The van der Waals surface area contributed by atoms with Gasteiger partial charge in [0, 0.05) is 24.8 Å². The third-order valence-corrected chi connectivity index (χ3v) is 2.93. The number of nitrogens with one attached hydrogen (secondary N) is 1. The van der Waals surface area contributed by atoms with Crippen LogP contribution in [0.15, 0.2) is 10.9 Å². The summed E-state index contributed by atoms with van der Waals surface area (Å²) in [6.45, 7) is 2.88. The Hall–Kier alpha value is -1.85. The van der Waals surface area contributed by atoms with E-state index in [1.54, 1.807) is 6.92 Å². The lowest BCUT2D eigenvalue weighted by atomic mass is 9.99. The van der Waals surface area contributed by atoms with Crippen LogP contribution < -0.4 is 10.5 Å². The van der Waals surface area contributed by atoms with Gasteiger partial charge >= 0.3 is 5.97 Å². The van der Waals surface area contributed by atoms with Crippen molar-refractivity contribution in [3.63, 3.8) is 0 Å². The first-order chi connectivity index (χ1) is 8.06. The van der Waals surface area contributed by atoms with Crippen molar-refractivity contribution in [2.45, 2.75) is 19.8 Å². The summed E-state index contributed by atoms with van der Waals surface area (Å²) in [6.07, 6.45) is 1.48. The Labute approximate surface area is 98.3 Å². The first-order valence-corrected chi connectivity index (χ1v) is 5.62. The van der Waals surface area contributed by atoms with Gasteiger partial charge in [0.05, 0.1) is 5.92 Å². The van der Waals surface area contributed by atoms with Crippen molar-refractivity contribution < 1.29 is 9.90 Å². The highest BCUT2D eigenvalue weighted by Gasteiger charge is 2.26. The zero-order valence-corrected chi connectivity index (χ0v) is 9.64. The first-order valence-electron chi connectivity index (χ1n) is 5.62. The van der Waals surface area contributed by atoms with Crippen molar-refractivity contribution in [3.8, 4) is 0 Å². The third kappa shape index (κ3) is 2.64. The van der Waals surface area contributed by atoms with Crippen molar-refractivity contribution in [2.24, 2.45) is 5.92 Å². The van der Waals surface area contributed by atoms with Crippen molar-refractivity contribution >= 4 is 11.9 Å². The number of hydrogen-bond acceptors (Lipinski definition) is 4. The standard InChI is InChI=1S/C11H15N3O3/c1-7-5-9(15)13-11(12-7)14-4-2-3-8(6-14)10(16)17/h5,8H,2-4,6H2,1H3,(H,16,17)(H,12,13,15)/t8-/m1/s1. The van der Waals surface area contributed by atoms with Crippen LogP contribution in [0.1, 0.15) is 18.5 Å². The smallest absolute Gasteiger partial charge is 0.308 e. The van der Waals surface area contributed by atoms with E-state index in [1.165, 1.54) is 6.07 Å². The number of aryl methyl sites for hydroxylation is 1. The number of carbonyl (C=O) groups is 1. The second-order valence-electron chi connectivity index (χ2n) is 4.33. The van der Waals surface area contributed by atoms with Crippen LogP contribution in [-0.4, -0.2) is 34.1 Å². The van der Waals surface area contributed by atoms with Crippen LogP contribution in [0.3, 0.4) is 0 Å². The lowest BCUT2D eigenvalue weighted by Gasteiger charge is -2.31. The summed E-state index contributed by atoms with van der Waals surface area (Å²) >= 11 is 0. The summed E-state index contributed by atoms with van der Waals surface area (Å²) in [7, 11) is 0. The third-order valence-electron chi connectivity index (χ3n) is 2.93. The molecule has 1 aliphatic rings. The minimum atomic E-state index is -0.787. The SMILES string of the molecule is Cc1cc(=O)[nH]c(N2CCC[C@@H](C(=O)O)C2)n1. The highest BCUT2D eigenvalue weighted by Crippen LogP contribution is 2.19. The largest absolute Gasteiger partial charge is 0.481 e. The van der Waals surface area contributed by atoms with Crippen molar-refractivity contribution in [1.82, 2.24) is 9.97 Å². The molecule has 0 saturated carbocycles. The highest BCUT2D eigenvalue weighted by molar-refractivity contribution is 5.71. The van der Waals surface area contributed by atoms with E-state index in [1.807, 2.05) is 4.90 Å². The predicted molar refractivity (Wildman–Crippen MR) is 62.2 cm³/mol. The molecule has 0 radical (unpaired) electrons. The van der Waals surface area contributed by atoms with Crippen molar-refractivity contribution in [1.29, 1.82) is 0 Å². The number of aliphatic carboxylic acids is 1. The number of nitrogens with zero attached hydrogens (tertiary/aromatic N) is 2. The van der Waals surface area contributed by atoms with Crippen LogP contribution in [0.5, 0.6) is 0 Å². The molecule has 2 N–H and O–H groups in total. The molecule has 1 aliphatic heterocycles. The minimum absolute atomic E-state index is 0.204. The molecule has 0 amide bonds. The molecular weight excluding hydrogens is 222 g/mol. The molecule has 0 aliphatic carbocycles. The average Bonchev–Trinajstić information content (AvgIpc) is 2.28. The van der Waals surface area contributed by atoms with E-state index in [-0.39, 0.29) is 11.5 Å². The Bertz CT molecular complexity index is 483. The quantitative estimate of drug-likeness (QED) is 0.776. The molecule has 92 valence electrons. The van der Waals surface area contributed by atoms with Gasteiger partial charge in [-0.1, -0.05) is 0 Å². The summed E-state index contributed by atoms with van der Waals surface area (Å²) in [5.74, 6) is -0.694. The number of anilines is 1. The lowest BCUT2D eigenvalue weighted by molar-refractivity contribution is -0.141. The molecule has 0 aromatic carbocycles. The Balaban J connectivity index is 2.21. The molecule has 0 spiro atoms. The van der Waals surface area contributed by atoms with Crippen LogP contribution in [-0.2, 0) is 4.79 Å². The molecule has 6 heteroatoms. The van der Waals surface area contributed by atoms with Crippen molar-refractivity contribution in [2.75, 3.05) is 18.0 Å². The van der Waals surface area contributed by atoms with Gasteiger partial charge in [-0.05, 0) is 19.8 Å². The molecule has 1 atom stereocenters. The number of H-pyrrole nitrogens is 1. The Kier molecular flexibility index (Phi) is 3.12. The summed E-state index contributed by atoms with van der Waals surface area (Å²) in [6, 6.07) is 1.42. The van der Waals surface area contributed by atoms with Gasteiger partial charge in [0.2, 0.25) is 5.95 Å². The number of rotatable bonds is 2. The number of aromatic amines is 1. The van der Waals surface area contributed by atoms with E-state index in [4.69, 9.17) is 5.11 Å². The maximum Gasteiger partial charge on any atom is 0.308 e. The number of piperidine rings is 1. The molecule has 1 saturated heterocycles. The monoisotopic (exact) mass is 237 g/mol.